The van der Waals surface area contributed by atoms with Gasteiger partial charge in [-0.25, -0.2) is 0 Å². The Kier molecular flexibility index (Phi) is 4.96. The van der Waals surface area contributed by atoms with E-state index < -0.39 is 18.1 Å². The van der Waals surface area contributed by atoms with E-state index in [1.54, 1.807) is 0 Å². The summed E-state index contributed by atoms with van der Waals surface area (Å²) in [6.07, 6.45) is 4.62. The summed E-state index contributed by atoms with van der Waals surface area (Å²) in [6, 6.07) is 5.63. The maximum atomic E-state index is 12.0. The molecule has 1 aliphatic rings. The van der Waals surface area contributed by atoms with Crippen LogP contribution in [0.15, 0.2) is 29.2 Å². The Morgan fingerprint density at radius 2 is 1.68 bits per heavy atom. The van der Waals surface area contributed by atoms with Crippen LogP contribution in [0.1, 0.15) is 32.1 Å². The van der Waals surface area contributed by atoms with Gasteiger partial charge in [-0.05, 0) is 58.5 Å². The topological polar surface area (TPSA) is 60.4 Å². The lowest BCUT2D eigenvalue weighted by atomic mass is 10.0. The van der Waals surface area contributed by atoms with E-state index in [0.717, 1.165) is 32.1 Å². The maximum absolute atomic E-state index is 12.0. The lowest BCUT2D eigenvalue weighted by molar-refractivity contribution is 0.436. The zero-order valence-corrected chi connectivity index (χ0v) is 12.8. The van der Waals surface area contributed by atoms with E-state index in [2.05, 4.69) is 0 Å². The van der Waals surface area contributed by atoms with Crippen LogP contribution in [0.5, 0.6) is 0 Å². The molecule has 1 atom stereocenters. The Labute approximate surface area is 119 Å². The van der Waals surface area contributed by atoms with Crippen LogP contribution < -0.4 is 0 Å². The SMILES string of the molecule is O=[P+](OS(=O)(=O)c1ccc(Cl)cc1)C1CCCCC1. The molecule has 0 bridgehead atoms. The summed E-state index contributed by atoms with van der Waals surface area (Å²) < 4.78 is 40.7. The van der Waals surface area contributed by atoms with E-state index >= 15 is 0 Å². The fourth-order valence-electron chi connectivity index (χ4n) is 2.09. The van der Waals surface area contributed by atoms with Gasteiger partial charge in [-0.15, -0.1) is 0 Å². The highest BCUT2D eigenvalue weighted by molar-refractivity contribution is 7.90. The van der Waals surface area contributed by atoms with Gasteiger partial charge >= 0.3 is 18.1 Å². The van der Waals surface area contributed by atoms with Crippen molar-refractivity contribution in [1.29, 1.82) is 0 Å². The van der Waals surface area contributed by atoms with Gasteiger partial charge in [0.05, 0.1) is 4.90 Å². The van der Waals surface area contributed by atoms with Gasteiger partial charge in [0.1, 0.15) is 0 Å². The average Bonchev–Trinajstić information content (AvgIpc) is 2.40. The molecular formula is C12H15ClO4PS+. The summed E-state index contributed by atoms with van der Waals surface area (Å²) in [5.41, 5.74) is -0.147. The van der Waals surface area contributed by atoms with Crippen molar-refractivity contribution in [1.82, 2.24) is 0 Å². The standard InChI is InChI=1S/C12H15ClO4PS/c13-10-6-8-12(9-7-10)19(15,16)17-18(14)11-4-2-1-3-5-11/h6-9,11H,1-5H2/q+1. The van der Waals surface area contributed by atoms with Crippen molar-refractivity contribution in [3.63, 3.8) is 0 Å². The Balaban J connectivity index is 2.08. The van der Waals surface area contributed by atoms with Crippen LogP contribution >= 0.6 is 19.6 Å². The van der Waals surface area contributed by atoms with Crippen LogP contribution in [0.4, 0.5) is 0 Å². The molecule has 0 radical (unpaired) electrons. The number of rotatable bonds is 4. The molecule has 0 heterocycles. The second-order valence-electron chi connectivity index (χ2n) is 4.56. The van der Waals surface area contributed by atoms with E-state index in [9.17, 15) is 13.0 Å². The average molecular weight is 322 g/mol. The number of hydrogen-bond donors (Lipinski definition) is 0. The van der Waals surface area contributed by atoms with Gasteiger partial charge in [0.15, 0.2) is 5.66 Å². The van der Waals surface area contributed by atoms with Gasteiger partial charge in [-0.2, -0.15) is 8.42 Å². The molecule has 1 aromatic rings. The minimum absolute atomic E-state index is 0.0175. The first-order chi connectivity index (χ1) is 8.99. The van der Waals surface area contributed by atoms with Crippen molar-refractivity contribution in [3.8, 4) is 0 Å². The first-order valence-electron chi connectivity index (χ1n) is 6.15. The predicted octanol–water partition coefficient (Wildman–Crippen LogP) is 4.12. The van der Waals surface area contributed by atoms with Gasteiger partial charge < -0.3 is 0 Å². The molecule has 1 fully saturated rings. The van der Waals surface area contributed by atoms with Crippen LogP contribution in [0.25, 0.3) is 0 Å². The molecule has 2 rings (SSSR count). The normalized spacial score (nSPS) is 18.3. The summed E-state index contributed by atoms with van der Waals surface area (Å²) in [6.45, 7) is 0. The molecular weight excluding hydrogens is 307 g/mol. The molecule has 0 aromatic heterocycles. The molecule has 1 unspecified atom stereocenters. The molecule has 0 saturated heterocycles. The van der Waals surface area contributed by atoms with Crippen LogP contribution in [-0.4, -0.2) is 14.1 Å². The third-order valence-corrected chi connectivity index (χ3v) is 6.73. The molecule has 1 saturated carbocycles. The van der Waals surface area contributed by atoms with Crippen molar-refractivity contribution in [2.45, 2.75) is 42.7 Å². The maximum Gasteiger partial charge on any atom is 0.528 e. The van der Waals surface area contributed by atoms with E-state index in [0.29, 0.717) is 5.02 Å². The second kappa shape index (κ2) is 6.31. The van der Waals surface area contributed by atoms with Gasteiger partial charge in [0, 0.05) is 5.02 Å². The zero-order chi connectivity index (χ0) is 13.9. The molecule has 1 aliphatic carbocycles. The highest BCUT2D eigenvalue weighted by Gasteiger charge is 2.39. The van der Waals surface area contributed by atoms with E-state index in [1.165, 1.54) is 24.3 Å². The first-order valence-corrected chi connectivity index (χ1v) is 9.19. The summed E-state index contributed by atoms with van der Waals surface area (Å²) >= 11 is 5.70. The van der Waals surface area contributed by atoms with Gasteiger partial charge in [0.25, 0.3) is 0 Å². The minimum Gasteiger partial charge on any atom is -0.190 e. The number of hydrogen-bond acceptors (Lipinski definition) is 4. The van der Waals surface area contributed by atoms with E-state index in [-0.39, 0.29) is 10.6 Å². The van der Waals surface area contributed by atoms with Crippen molar-refractivity contribution in [2.75, 3.05) is 0 Å². The molecule has 0 amide bonds. The molecule has 0 N–H and O–H groups in total. The lowest BCUT2D eigenvalue weighted by Gasteiger charge is -2.11. The second-order valence-corrected chi connectivity index (χ2v) is 8.27. The summed E-state index contributed by atoms with van der Waals surface area (Å²) in [7, 11) is -6.16. The Bertz CT molecular complexity index is 550. The smallest absolute Gasteiger partial charge is 0.190 e. The number of benzene rings is 1. The number of halogens is 1. The zero-order valence-electron chi connectivity index (χ0n) is 10.3. The quantitative estimate of drug-likeness (QED) is 0.783. The van der Waals surface area contributed by atoms with Crippen LogP contribution in [0, 0.1) is 0 Å². The summed E-state index contributed by atoms with van der Waals surface area (Å²) in [4.78, 5) is -0.0175. The first kappa shape index (κ1) is 14.9. The van der Waals surface area contributed by atoms with Crippen LogP contribution in [-0.2, 0) is 18.7 Å². The van der Waals surface area contributed by atoms with Gasteiger partial charge in [-0.1, -0.05) is 18.0 Å². The fourth-order valence-corrected chi connectivity index (χ4v) is 5.08. The molecule has 4 nitrogen and oxygen atoms in total. The fraction of sp³-hybridized carbons (Fsp3) is 0.500. The molecule has 104 valence electrons. The highest BCUT2D eigenvalue weighted by Crippen LogP contribution is 2.41. The third-order valence-electron chi connectivity index (χ3n) is 3.15. The molecule has 0 spiro atoms. The molecule has 0 aliphatic heterocycles. The molecule has 7 heteroatoms. The van der Waals surface area contributed by atoms with Gasteiger partial charge in [-0.3, -0.25) is 0 Å². The van der Waals surface area contributed by atoms with Crippen molar-refractivity contribution < 1.29 is 17.0 Å². The largest absolute Gasteiger partial charge is 0.528 e. The van der Waals surface area contributed by atoms with Crippen LogP contribution in [0.2, 0.25) is 5.02 Å². The Hall–Kier alpha value is -0.480. The van der Waals surface area contributed by atoms with Crippen molar-refractivity contribution in [2.24, 2.45) is 0 Å². The molecule has 19 heavy (non-hydrogen) atoms. The third kappa shape index (κ3) is 3.99. The Morgan fingerprint density at radius 1 is 1.11 bits per heavy atom. The van der Waals surface area contributed by atoms with Crippen molar-refractivity contribution in [3.05, 3.63) is 29.3 Å². The minimum atomic E-state index is -3.97. The van der Waals surface area contributed by atoms with E-state index in [4.69, 9.17) is 15.6 Å². The lowest BCUT2D eigenvalue weighted by Crippen LogP contribution is -2.11. The van der Waals surface area contributed by atoms with Crippen LogP contribution in [0.3, 0.4) is 0 Å². The Morgan fingerprint density at radius 3 is 2.26 bits per heavy atom. The van der Waals surface area contributed by atoms with E-state index in [1.807, 2.05) is 0 Å². The van der Waals surface area contributed by atoms with Crippen molar-refractivity contribution >= 4 is 29.7 Å². The highest BCUT2D eigenvalue weighted by atomic mass is 35.5. The molecule has 1 aromatic carbocycles. The van der Waals surface area contributed by atoms with Gasteiger partial charge in [0.2, 0.25) is 0 Å². The monoisotopic (exact) mass is 321 g/mol. The summed E-state index contributed by atoms with van der Waals surface area (Å²) in [5, 5.41) is 0.440. The summed E-state index contributed by atoms with van der Waals surface area (Å²) in [5.74, 6) is 0. The predicted molar refractivity (Wildman–Crippen MR) is 74.2 cm³/mol.